The third kappa shape index (κ3) is 1.72. The van der Waals surface area contributed by atoms with E-state index >= 15 is 0 Å². The lowest BCUT2D eigenvalue weighted by molar-refractivity contribution is 0.460. The SMILES string of the molecule is CCN1CC=CC=C1c1ccccc1. The molecule has 1 aliphatic heterocycles. The molecule has 14 heavy (non-hydrogen) atoms. The first-order chi connectivity index (χ1) is 6.92. The van der Waals surface area contributed by atoms with Gasteiger partial charge in [-0.3, -0.25) is 0 Å². The highest BCUT2D eigenvalue weighted by Crippen LogP contribution is 2.21. The van der Waals surface area contributed by atoms with Gasteiger partial charge in [0.1, 0.15) is 0 Å². The molecule has 0 fully saturated rings. The summed E-state index contributed by atoms with van der Waals surface area (Å²) in [6.45, 7) is 4.28. The Morgan fingerprint density at radius 2 is 2.00 bits per heavy atom. The average Bonchev–Trinajstić information content (AvgIpc) is 2.30. The van der Waals surface area contributed by atoms with Gasteiger partial charge in [0.05, 0.1) is 0 Å². The Hall–Kier alpha value is -1.50. The van der Waals surface area contributed by atoms with Gasteiger partial charge in [-0.25, -0.2) is 0 Å². The first kappa shape index (κ1) is 9.07. The lowest BCUT2D eigenvalue weighted by Crippen LogP contribution is -2.23. The predicted molar refractivity (Wildman–Crippen MR) is 60.8 cm³/mol. The van der Waals surface area contributed by atoms with Crippen molar-refractivity contribution in [3.8, 4) is 0 Å². The number of nitrogens with zero attached hydrogens (tertiary/aromatic N) is 1. The lowest BCUT2D eigenvalue weighted by Gasteiger charge is -2.27. The van der Waals surface area contributed by atoms with Crippen molar-refractivity contribution in [2.24, 2.45) is 0 Å². The fourth-order valence-corrected chi connectivity index (χ4v) is 1.74. The standard InChI is InChI=1S/C13H15N/c1-2-14-11-7-6-10-13(14)12-8-4-3-5-9-12/h3-10H,2,11H2,1H3. The molecule has 0 radical (unpaired) electrons. The zero-order valence-corrected chi connectivity index (χ0v) is 8.48. The van der Waals surface area contributed by atoms with Crippen LogP contribution in [-0.2, 0) is 0 Å². The molecule has 0 atom stereocenters. The van der Waals surface area contributed by atoms with Crippen LogP contribution in [0.3, 0.4) is 0 Å². The highest BCUT2D eigenvalue weighted by molar-refractivity contribution is 5.66. The number of allylic oxidation sites excluding steroid dienone is 2. The van der Waals surface area contributed by atoms with E-state index in [1.807, 2.05) is 0 Å². The van der Waals surface area contributed by atoms with Crippen LogP contribution in [0.25, 0.3) is 5.70 Å². The van der Waals surface area contributed by atoms with E-state index in [4.69, 9.17) is 0 Å². The van der Waals surface area contributed by atoms with Crippen molar-refractivity contribution in [1.82, 2.24) is 4.90 Å². The van der Waals surface area contributed by atoms with Crippen LogP contribution in [0.5, 0.6) is 0 Å². The summed E-state index contributed by atoms with van der Waals surface area (Å²) in [5, 5.41) is 0. The summed E-state index contributed by atoms with van der Waals surface area (Å²) < 4.78 is 0. The summed E-state index contributed by atoms with van der Waals surface area (Å²) in [5.41, 5.74) is 2.63. The Labute approximate surface area is 85.4 Å². The Morgan fingerprint density at radius 3 is 2.71 bits per heavy atom. The van der Waals surface area contributed by atoms with E-state index in [1.165, 1.54) is 11.3 Å². The second-order valence-electron chi connectivity index (χ2n) is 3.38. The minimum atomic E-state index is 1.03. The molecule has 0 aromatic heterocycles. The maximum absolute atomic E-state index is 2.37. The molecule has 0 spiro atoms. The normalized spacial score (nSPS) is 15.5. The second kappa shape index (κ2) is 4.14. The van der Waals surface area contributed by atoms with Crippen molar-refractivity contribution >= 4 is 5.70 Å². The van der Waals surface area contributed by atoms with Crippen molar-refractivity contribution in [1.29, 1.82) is 0 Å². The Kier molecular flexibility index (Phi) is 2.68. The fraction of sp³-hybridized carbons (Fsp3) is 0.231. The Balaban J connectivity index is 2.32. The number of likely N-dealkylation sites (N-methyl/N-ethyl adjacent to an activating group) is 1. The van der Waals surface area contributed by atoms with Crippen molar-refractivity contribution in [2.45, 2.75) is 6.92 Å². The molecule has 0 bridgehead atoms. The number of benzene rings is 1. The number of rotatable bonds is 2. The van der Waals surface area contributed by atoms with Gasteiger partial charge in [-0.05, 0) is 18.6 Å². The molecule has 1 aromatic rings. The highest BCUT2D eigenvalue weighted by Gasteiger charge is 2.09. The molecule has 72 valence electrons. The minimum absolute atomic E-state index is 1.03. The molecule has 2 rings (SSSR count). The quantitative estimate of drug-likeness (QED) is 0.684. The second-order valence-corrected chi connectivity index (χ2v) is 3.38. The van der Waals surface area contributed by atoms with Gasteiger partial charge < -0.3 is 4.90 Å². The average molecular weight is 185 g/mol. The zero-order chi connectivity index (χ0) is 9.80. The number of hydrogen-bond donors (Lipinski definition) is 0. The minimum Gasteiger partial charge on any atom is -0.368 e. The molecule has 0 saturated carbocycles. The summed E-state index contributed by atoms with van der Waals surface area (Å²) in [7, 11) is 0. The topological polar surface area (TPSA) is 3.24 Å². The molecular weight excluding hydrogens is 170 g/mol. The van der Waals surface area contributed by atoms with Crippen LogP contribution in [0.1, 0.15) is 12.5 Å². The van der Waals surface area contributed by atoms with Crippen LogP contribution >= 0.6 is 0 Å². The van der Waals surface area contributed by atoms with Crippen molar-refractivity contribution in [2.75, 3.05) is 13.1 Å². The van der Waals surface area contributed by atoms with Crippen molar-refractivity contribution < 1.29 is 0 Å². The van der Waals surface area contributed by atoms with E-state index in [2.05, 4.69) is 60.4 Å². The Morgan fingerprint density at radius 1 is 1.21 bits per heavy atom. The van der Waals surface area contributed by atoms with Gasteiger partial charge in [0.2, 0.25) is 0 Å². The van der Waals surface area contributed by atoms with Gasteiger partial charge >= 0.3 is 0 Å². The number of hydrogen-bond acceptors (Lipinski definition) is 1. The lowest BCUT2D eigenvalue weighted by atomic mass is 10.1. The largest absolute Gasteiger partial charge is 0.368 e. The van der Waals surface area contributed by atoms with E-state index < -0.39 is 0 Å². The summed E-state index contributed by atoms with van der Waals surface area (Å²) >= 11 is 0. The van der Waals surface area contributed by atoms with E-state index in [9.17, 15) is 0 Å². The van der Waals surface area contributed by atoms with Crippen molar-refractivity contribution in [3.05, 3.63) is 54.1 Å². The van der Waals surface area contributed by atoms with E-state index in [1.54, 1.807) is 0 Å². The monoisotopic (exact) mass is 185 g/mol. The summed E-state index contributed by atoms with van der Waals surface area (Å²) in [5.74, 6) is 0. The zero-order valence-electron chi connectivity index (χ0n) is 8.48. The molecule has 1 aliphatic rings. The first-order valence-electron chi connectivity index (χ1n) is 5.09. The third-order valence-corrected chi connectivity index (χ3v) is 2.51. The summed E-state index contributed by atoms with van der Waals surface area (Å²) in [4.78, 5) is 2.37. The Bertz CT molecular complexity index is 349. The van der Waals surface area contributed by atoms with Gasteiger partial charge in [0.25, 0.3) is 0 Å². The van der Waals surface area contributed by atoms with Gasteiger partial charge in [0, 0.05) is 18.8 Å². The van der Waals surface area contributed by atoms with Crippen LogP contribution in [0, 0.1) is 0 Å². The van der Waals surface area contributed by atoms with Crippen LogP contribution in [0.2, 0.25) is 0 Å². The molecule has 0 N–H and O–H groups in total. The van der Waals surface area contributed by atoms with E-state index in [0.717, 1.165) is 13.1 Å². The van der Waals surface area contributed by atoms with E-state index in [0.29, 0.717) is 0 Å². The smallest absolute Gasteiger partial charge is 0.0442 e. The van der Waals surface area contributed by atoms with Gasteiger partial charge in [-0.1, -0.05) is 42.5 Å². The molecule has 1 aromatic carbocycles. The maximum atomic E-state index is 2.37. The third-order valence-electron chi connectivity index (χ3n) is 2.51. The van der Waals surface area contributed by atoms with Crippen LogP contribution in [-0.4, -0.2) is 18.0 Å². The maximum Gasteiger partial charge on any atom is 0.0442 e. The molecular formula is C13H15N. The van der Waals surface area contributed by atoms with Crippen LogP contribution < -0.4 is 0 Å². The van der Waals surface area contributed by atoms with Crippen molar-refractivity contribution in [3.63, 3.8) is 0 Å². The van der Waals surface area contributed by atoms with E-state index in [-0.39, 0.29) is 0 Å². The van der Waals surface area contributed by atoms with Gasteiger partial charge in [0.15, 0.2) is 0 Å². The van der Waals surface area contributed by atoms with Crippen LogP contribution in [0.15, 0.2) is 48.6 Å². The fourth-order valence-electron chi connectivity index (χ4n) is 1.74. The van der Waals surface area contributed by atoms with Crippen LogP contribution in [0.4, 0.5) is 0 Å². The van der Waals surface area contributed by atoms with Gasteiger partial charge in [-0.2, -0.15) is 0 Å². The molecule has 1 heteroatoms. The predicted octanol–water partition coefficient (Wildman–Crippen LogP) is 2.92. The molecule has 1 heterocycles. The molecule has 0 aliphatic carbocycles. The molecule has 1 nitrogen and oxygen atoms in total. The molecule has 0 saturated heterocycles. The summed E-state index contributed by atoms with van der Waals surface area (Å²) in [6, 6.07) is 10.5. The molecule has 0 amide bonds. The van der Waals surface area contributed by atoms with Gasteiger partial charge in [-0.15, -0.1) is 0 Å². The first-order valence-corrected chi connectivity index (χ1v) is 5.09. The highest BCUT2D eigenvalue weighted by atomic mass is 15.1. The molecule has 0 unspecified atom stereocenters. The summed E-state index contributed by atoms with van der Waals surface area (Å²) in [6.07, 6.45) is 6.51.